The Morgan fingerprint density at radius 1 is 0.958 bits per heavy atom. The van der Waals surface area contributed by atoms with Crippen LogP contribution in [0.4, 0.5) is 0 Å². The van der Waals surface area contributed by atoms with Crippen molar-refractivity contribution in [3.05, 3.63) is 64.2 Å². The first-order chi connectivity index (χ1) is 11.4. The molecule has 0 unspecified atom stereocenters. The Morgan fingerprint density at radius 3 is 2.42 bits per heavy atom. The van der Waals surface area contributed by atoms with Crippen molar-refractivity contribution in [2.75, 3.05) is 0 Å². The van der Waals surface area contributed by atoms with Gasteiger partial charge >= 0.3 is 0 Å². The molecule has 4 heteroatoms. The van der Waals surface area contributed by atoms with Crippen LogP contribution in [0.25, 0.3) is 0 Å². The lowest BCUT2D eigenvalue weighted by molar-refractivity contribution is 0.566. The molecule has 0 aliphatic heterocycles. The topological polar surface area (TPSA) is 46.2 Å². The van der Waals surface area contributed by atoms with Gasteiger partial charge in [0, 0.05) is 6.04 Å². The highest BCUT2D eigenvalue weighted by molar-refractivity contribution is 7.89. The lowest BCUT2D eigenvalue weighted by Crippen LogP contribution is -2.27. The van der Waals surface area contributed by atoms with Crippen molar-refractivity contribution >= 4 is 10.0 Å². The van der Waals surface area contributed by atoms with Gasteiger partial charge in [0.15, 0.2) is 0 Å². The van der Waals surface area contributed by atoms with E-state index < -0.39 is 10.0 Å². The van der Waals surface area contributed by atoms with E-state index in [2.05, 4.69) is 22.9 Å². The molecular formula is C20H25NO2S. The minimum Gasteiger partial charge on any atom is -0.207 e. The van der Waals surface area contributed by atoms with Crippen LogP contribution >= 0.6 is 0 Å². The number of hydrogen-bond acceptors (Lipinski definition) is 2. The van der Waals surface area contributed by atoms with Crippen LogP contribution in [0.3, 0.4) is 0 Å². The van der Waals surface area contributed by atoms with Gasteiger partial charge < -0.3 is 0 Å². The third kappa shape index (κ3) is 3.55. The molecule has 0 fully saturated rings. The van der Waals surface area contributed by atoms with Crippen LogP contribution in [-0.2, 0) is 22.9 Å². The predicted octanol–water partition coefficient (Wildman–Crippen LogP) is 4.22. The molecule has 0 heterocycles. The second kappa shape index (κ2) is 6.69. The number of benzene rings is 2. The molecule has 128 valence electrons. The number of fused-ring (bicyclic) bond motifs is 1. The summed E-state index contributed by atoms with van der Waals surface area (Å²) in [5, 5.41) is 0. The zero-order chi connectivity index (χ0) is 17.3. The van der Waals surface area contributed by atoms with Crippen molar-refractivity contribution in [2.45, 2.75) is 57.4 Å². The summed E-state index contributed by atoms with van der Waals surface area (Å²) < 4.78 is 28.4. The fraction of sp³-hybridized carbons (Fsp3) is 0.400. The minimum atomic E-state index is -3.53. The van der Waals surface area contributed by atoms with Crippen LogP contribution in [0, 0.1) is 13.8 Å². The summed E-state index contributed by atoms with van der Waals surface area (Å²) in [4.78, 5) is 0.368. The lowest BCUT2D eigenvalue weighted by Gasteiger charge is -2.20. The summed E-state index contributed by atoms with van der Waals surface area (Å²) in [6.07, 6.45) is 4.71. The average Bonchev–Trinajstić information content (AvgIpc) is 2.56. The Hall–Kier alpha value is -1.65. The number of hydrogen-bond donors (Lipinski definition) is 1. The van der Waals surface area contributed by atoms with Crippen LogP contribution < -0.4 is 4.72 Å². The molecule has 1 N–H and O–H groups in total. The van der Waals surface area contributed by atoms with Gasteiger partial charge in [0.05, 0.1) is 4.90 Å². The molecule has 1 atom stereocenters. The number of rotatable bonds is 4. The highest BCUT2D eigenvalue weighted by atomic mass is 32.2. The van der Waals surface area contributed by atoms with E-state index in [1.807, 2.05) is 32.9 Å². The monoisotopic (exact) mass is 343 g/mol. The van der Waals surface area contributed by atoms with Gasteiger partial charge in [-0.15, -0.1) is 0 Å². The Kier molecular flexibility index (Phi) is 4.79. The SMILES string of the molecule is Cc1ccc(C)c(S(=O)(=O)N[C@H](C)c2ccc3c(c2)CCCC3)c1. The van der Waals surface area contributed by atoms with Crippen LogP contribution in [0.2, 0.25) is 0 Å². The van der Waals surface area contributed by atoms with E-state index in [9.17, 15) is 8.42 Å². The summed E-state index contributed by atoms with van der Waals surface area (Å²) in [5.41, 5.74) is 5.53. The first-order valence-electron chi connectivity index (χ1n) is 8.58. The second-order valence-electron chi connectivity index (χ2n) is 6.85. The maximum Gasteiger partial charge on any atom is 0.241 e. The Labute approximate surface area is 145 Å². The van der Waals surface area contributed by atoms with Gasteiger partial charge in [0.1, 0.15) is 0 Å². The van der Waals surface area contributed by atoms with Gasteiger partial charge in [-0.3, -0.25) is 0 Å². The van der Waals surface area contributed by atoms with Crippen molar-refractivity contribution < 1.29 is 8.42 Å². The molecule has 0 radical (unpaired) electrons. The van der Waals surface area contributed by atoms with Gasteiger partial charge in [-0.25, -0.2) is 13.1 Å². The Morgan fingerprint density at radius 2 is 1.67 bits per heavy atom. The van der Waals surface area contributed by atoms with Crippen molar-refractivity contribution in [1.29, 1.82) is 0 Å². The number of sulfonamides is 1. The quantitative estimate of drug-likeness (QED) is 0.903. The molecule has 0 bridgehead atoms. The molecule has 3 nitrogen and oxygen atoms in total. The van der Waals surface area contributed by atoms with Crippen molar-refractivity contribution in [1.82, 2.24) is 4.72 Å². The predicted molar refractivity (Wildman–Crippen MR) is 97.7 cm³/mol. The zero-order valence-electron chi connectivity index (χ0n) is 14.6. The molecule has 0 spiro atoms. The molecule has 1 aliphatic carbocycles. The minimum absolute atomic E-state index is 0.248. The molecule has 0 saturated heterocycles. The second-order valence-corrected chi connectivity index (χ2v) is 8.53. The van der Waals surface area contributed by atoms with Gasteiger partial charge in [0.25, 0.3) is 0 Å². The molecule has 1 aliphatic rings. The molecule has 0 saturated carbocycles. The van der Waals surface area contributed by atoms with E-state index in [4.69, 9.17) is 0 Å². The van der Waals surface area contributed by atoms with E-state index in [0.29, 0.717) is 4.90 Å². The molecule has 2 aromatic carbocycles. The third-order valence-corrected chi connectivity index (χ3v) is 6.52. The van der Waals surface area contributed by atoms with Crippen LogP contribution in [0.5, 0.6) is 0 Å². The van der Waals surface area contributed by atoms with Crippen LogP contribution in [-0.4, -0.2) is 8.42 Å². The van der Waals surface area contributed by atoms with E-state index in [0.717, 1.165) is 29.5 Å². The molecular weight excluding hydrogens is 318 g/mol. The number of nitrogens with one attached hydrogen (secondary N) is 1. The molecule has 0 aromatic heterocycles. The summed E-state index contributed by atoms with van der Waals surface area (Å²) in [6, 6.07) is 11.7. The van der Waals surface area contributed by atoms with Crippen LogP contribution in [0.15, 0.2) is 41.3 Å². The zero-order valence-corrected chi connectivity index (χ0v) is 15.4. The maximum absolute atomic E-state index is 12.8. The van der Waals surface area contributed by atoms with E-state index in [1.165, 1.54) is 24.0 Å². The largest absolute Gasteiger partial charge is 0.241 e. The molecule has 24 heavy (non-hydrogen) atoms. The summed E-state index contributed by atoms with van der Waals surface area (Å²) in [5.74, 6) is 0. The molecule has 0 amide bonds. The van der Waals surface area contributed by atoms with Gasteiger partial charge in [-0.05, 0) is 80.3 Å². The Balaban J connectivity index is 1.86. The van der Waals surface area contributed by atoms with Crippen molar-refractivity contribution in [3.8, 4) is 0 Å². The van der Waals surface area contributed by atoms with Gasteiger partial charge in [-0.2, -0.15) is 0 Å². The van der Waals surface area contributed by atoms with E-state index in [1.54, 1.807) is 6.07 Å². The van der Waals surface area contributed by atoms with Gasteiger partial charge in [-0.1, -0.05) is 30.3 Å². The van der Waals surface area contributed by atoms with E-state index >= 15 is 0 Å². The number of aryl methyl sites for hydroxylation is 4. The normalized spacial score (nSPS) is 15.8. The highest BCUT2D eigenvalue weighted by Crippen LogP contribution is 2.26. The Bertz CT molecular complexity index is 856. The fourth-order valence-corrected chi connectivity index (χ4v) is 4.95. The maximum atomic E-state index is 12.8. The van der Waals surface area contributed by atoms with Crippen LogP contribution in [0.1, 0.15) is 53.6 Å². The third-order valence-electron chi connectivity index (χ3n) is 4.84. The van der Waals surface area contributed by atoms with Crippen molar-refractivity contribution in [2.24, 2.45) is 0 Å². The standard InChI is InChI=1S/C20H25NO2S/c1-14-8-9-15(2)20(12-14)24(22,23)21-16(3)18-11-10-17-6-4-5-7-19(17)13-18/h8-13,16,21H,4-7H2,1-3H3/t16-/m1/s1. The molecule has 2 aromatic rings. The first-order valence-corrected chi connectivity index (χ1v) is 10.1. The molecule has 3 rings (SSSR count). The summed E-state index contributed by atoms with van der Waals surface area (Å²) in [7, 11) is -3.53. The van der Waals surface area contributed by atoms with Crippen molar-refractivity contribution in [3.63, 3.8) is 0 Å². The summed E-state index contributed by atoms with van der Waals surface area (Å²) >= 11 is 0. The lowest BCUT2D eigenvalue weighted by atomic mass is 9.89. The van der Waals surface area contributed by atoms with Gasteiger partial charge in [0.2, 0.25) is 10.0 Å². The van der Waals surface area contributed by atoms with E-state index in [-0.39, 0.29) is 6.04 Å². The summed E-state index contributed by atoms with van der Waals surface area (Å²) in [6.45, 7) is 5.65. The highest BCUT2D eigenvalue weighted by Gasteiger charge is 2.21. The fourth-order valence-electron chi connectivity index (χ4n) is 3.38. The average molecular weight is 343 g/mol. The first kappa shape index (κ1) is 17.2. The smallest absolute Gasteiger partial charge is 0.207 e.